The molecule has 0 aliphatic carbocycles. The number of thiophene rings is 1. The molecule has 3 heterocycles. The summed E-state index contributed by atoms with van der Waals surface area (Å²) in [6, 6.07) is 9.68. The van der Waals surface area contributed by atoms with Crippen LogP contribution in [0.15, 0.2) is 41.9 Å². The van der Waals surface area contributed by atoms with Gasteiger partial charge in [-0.3, -0.25) is 4.57 Å². The average molecular weight is 475 g/mol. The zero-order chi connectivity index (χ0) is 22.9. The first-order valence-electron chi connectivity index (χ1n) is 10.9. The van der Waals surface area contributed by atoms with Crippen LogP contribution in [0.25, 0.3) is 21.3 Å². The van der Waals surface area contributed by atoms with Gasteiger partial charge in [-0.2, -0.15) is 0 Å². The van der Waals surface area contributed by atoms with Crippen LogP contribution in [0.3, 0.4) is 0 Å². The highest BCUT2D eigenvalue weighted by Crippen LogP contribution is 2.37. The van der Waals surface area contributed by atoms with Gasteiger partial charge in [0.05, 0.1) is 11.3 Å². The number of benzene rings is 1. The van der Waals surface area contributed by atoms with Crippen molar-refractivity contribution in [3.8, 4) is 10.4 Å². The highest BCUT2D eigenvalue weighted by Gasteiger charge is 2.30. The summed E-state index contributed by atoms with van der Waals surface area (Å²) in [4.78, 5) is 15.2. The number of piperidine rings is 1. The Labute approximate surface area is 193 Å². The number of fused-ring (bicyclic) bond motifs is 1. The number of nitrogens with two attached hydrogens (primary N) is 1. The lowest BCUT2D eigenvalue weighted by molar-refractivity contribution is 0.251. The van der Waals surface area contributed by atoms with Gasteiger partial charge >= 0.3 is 6.03 Å². The third-order valence-corrected chi connectivity index (χ3v) is 9.05. The molecule has 4 rings (SSSR count). The third-order valence-electron chi connectivity index (χ3n) is 6.17. The van der Waals surface area contributed by atoms with E-state index >= 15 is 0 Å². The van der Waals surface area contributed by atoms with Gasteiger partial charge in [0.2, 0.25) is 10.0 Å². The molecule has 32 heavy (non-hydrogen) atoms. The van der Waals surface area contributed by atoms with Crippen molar-refractivity contribution in [1.29, 1.82) is 0 Å². The van der Waals surface area contributed by atoms with Crippen molar-refractivity contribution in [2.75, 3.05) is 39.5 Å². The molecule has 1 aliphatic rings. The Morgan fingerprint density at radius 3 is 2.59 bits per heavy atom. The van der Waals surface area contributed by atoms with Crippen molar-refractivity contribution in [1.82, 2.24) is 13.8 Å². The van der Waals surface area contributed by atoms with Gasteiger partial charge in [0, 0.05) is 29.5 Å². The molecule has 9 heteroatoms. The molecule has 2 aromatic heterocycles. The lowest BCUT2D eigenvalue weighted by Crippen LogP contribution is -2.39. The van der Waals surface area contributed by atoms with Crippen LogP contribution in [-0.4, -0.2) is 67.7 Å². The number of amides is 1. The predicted octanol–water partition coefficient (Wildman–Crippen LogP) is 3.76. The van der Waals surface area contributed by atoms with Crippen LogP contribution in [0.5, 0.6) is 0 Å². The number of hydrogen-bond donors (Lipinski definition) is 1. The van der Waals surface area contributed by atoms with Crippen molar-refractivity contribution in [3.63, 3.8) is 0 Å². The third kappa shape index (κ3) is 4.76. The molecule has 1 saturated heterocycles. The average Bonchev–Trinajstić information content (AvgIpc) is 3.41. The van der Waals surface area contributed by atoms with Crippen LogP contribution in [0.1, 0.15) is 30.7 Å². The van der Waals surface area contributed by atoms with Crippen LogP contribution in [-0.2, 0) is 10.0 Å². The van der Waals surface area contributed by atoms with E-state index in [9.17, 15) is 13.2 Å². The Hall–Kier alpha value is -2.20. The molecule has 1 aromatic carbocycles. The molecule has 1 fully saturated rings. The Kier molecular flexibility index (Phi) is 6.71. The first-order valence-corrected chi connectivity index (χ1v) is 13.4. The molecule has 1 aliphatic heterocycles. The molecule has 0 radical (unpaired) electrons. The maximum atomic E-state index is 12.7. The minimum atomic E-state index is -3.24. The summed E-state index contributed by atoms with van der Waals surface area (Å²) in [7, 11) is 0.655. The summed E-state index contributed by atoms with van der Waals surface area (Å²) in [6.07, 6.45) is 3.94. The monoisotopic (exact) mass is 474 g/mol. The second-order valence-electron chi connectivity index (χ2n) is 8.65. The first-order chi connectivity index (χ1) is 15.3. The lowest BCUT2D eigenvalue weighted by atomic mass is 9.89. The Bertz CT molecular complexity index is 1190. The van der Waals surface area contributed by atoms with Gasteiger partial charge in [0.15, 0.2) is 0 Å². The van der Waals surface area contributed by atoms with Gasteiger partial charge in [0.25, 0.3) is 0 Å². The van der Waals surface area contributed by atoms with E-state index in [1.165, 1.54) is 9.44 Å². The number of carbonyl (C=O) groups is 1. The lowest BCUT2D eigenvalue weighted by Gasteiger charge is -2.31. The molecule has 2 N–H and O–H groups in total. The van der Waals surface area contributed by atoms with Crippen LogP contribution >= 0.6 is 11.3 Å². The van der Waals surface area contributed by atoms with Gasteiger partial charge in [0.1, 0.15) is 0 Å². The van der Waals surface area contributed by atoms with Crippen molar-refractivity contribution in [3.05, 3.63) is 47.5 Å². The molecule has 1 amide bonds. The standard InChI is InChI=1S/C23H30N4O3S2/c1-25(2)10-4-14-32(29,30)26-11-8-17(9-12-26)20-16-27(23(24)28)21-7-6-18(15-19(20)21)22-5-3-13-31-22/h3,5-7,13,15-17H,4,8-12,14H2,1-2H3,(H2,24,28). The minimum absolute atomic E-state index is 0.182. The topological polar surface area (TPSA) is 88.6 Å². The highest BCUT2D eigenvalue weighted by molar-refractivity contribution is 7.89. The fraction of sp³-hybridized carbons (Fsp3) is 0.435. The van der Waals surface area contributed by atoms with Crippen molar-refractivity contribution in [2.24, 2.45) is 5.73 Å². The van der Waals surface area contributed by atoms with E-state index in [0.29, 0.717) is 19.5 Å². The Morgan fingerprint density at radius 1 is 1.22 bits per heavy atom. The minimum Gasteiger partial charge on any atom is -0.351 e. The predicted molar refractivity (Wildman–Crippen MR) is 131 cm³/mol. The van der Waals surface area contributed by atoms with Crippen LogP contribution in [0.4, 0.5) is 4.79 Å². The normalized spacial score (nSPS) is 16.2. The molecular weight excluding hydrogens is 444 g/mol. The number of sulfonamides is 1. The molecule has 0 saturated carbocycles. The number of nitrogens with zero attached hydrogens (tertiary/aromatic N) is 3. The largest absolute Gasteiger partial charge is 0.351 e. The van der Waals surface area contributed by atoms with Crippen LogP contribution < -0.4 is 5.73 Å². The Morgan fingerprint density at radius 2 is 1.97 bits per heavy atom. The molecule has 3 aromatic rings. The van der Waals surface area contributed by atoms with Crippen molar-refractivity contribution in [2.45, 2.75) is 25.2 Å². The fourth-order valence-corrected chi connectivity index (χ4v) is 6.74. The number of hydrogen-bond acceptors (Lipinski definition) is 5. The summed E-state index contributed by atoms with van der Waals surface area (Å²) in [5.74, 6) is 0.367. The fourth-order valence-electron chi connectivity index (χ4n) is 4.50. The summed E-state index contributed by atoms with van der Waals surface area (Å²) in [6.45, 7) is 1.76. The maximum Gasteiger partial charge on any atom is 0.323 e. The van der Waals surface area contributed by atoms with Gasteiger partial charge in [-0.1, -0.05) is 12.1 Å². The Balaban J connectivity index is 1.56. The van der Waals surface area contributed by atoms with Crippen molar-refractivity contribution < 1.29 is 13.2 Å². The zero-order valence-corrected chi connectivity index (χ0v) is 20.2. The second-order valence-corrected chi connectivity index (χ2v) is 11.7. The quantitative estimate of drug-likeness (QED) is 0.565. The number of primary amides is 1. The molecule has 0 bridgehead atoms. The maximum absolute atomic E-state index is 12.7. The molecule has 0 unspecified atom stereocenters. The van der Waals surface area contributed by atoms with Gasteiger partial charge in [-0.25, -0.2) is 17.5 Å². The van der Waals surface area contributed by atoms with E-state index in [0.717, 1.165) is 41.4 Å². The summed E-state index contributed by atoms with van der Waals surface area (Å²) in [5.41, 5.74) is 8.61. The van der Waals surface area contributed by atoms with E-state index in [4.69, 9.17) is 5.73 Å². The van der Waals surface area contributed by atoms with E-state index in [1.54, 1.807) is 15.6 Å². The molecule has 0 atom stereocenters. The summed E-state index contributed by atoms with van der Waals surface area (Å²) < 4.78 is 28.6. The molecule has 172 valence electrons. The summed E-state index contributed by atoms with van der Waals surface area (Å²) in [5, 5.41) is 3.06. The zero-order valence-electron chi connectivity index (χ0n) is 18.5. The number of aromatic nitrogens is 1. The van der Waals surface area contributed by atoms with Crippen molar-refractivity contribution >= 4 is 38.3 Å². The molecule has 7 nitrogen and oxygen atoms in total. The molecule has 0 spiro atoms. The van der Waals surface area contributed by atoms with E-state index in [1.807, 2.05) is 48.8 Å². The van der Waals surface area contributed by atoms with Gasteiger partial charge < -0.3 is 10.6 Å². The van der Waals surface area contributed by atoms with Gasteiger partial charge in [-0.15, -0.1) is 11.3 Å². The molecular formula is C23H30N4O3S2. The van der Waals surface area contributed by atoms with E-state index < -0.39 is 16.1 Å². The van der Waals surface area contributed by atoms with E-state index in [-0.39, 0.29) is 11.7 Å². The van der Waals surface area contributed by atoms with Crippen LogP contribution in [0.2, 0.25) is 0 Å². The number of carbonyl (C=O) groups excluding carboxylic acids is 1. The summed E-state index contributed by atoms with van der Waals surface area (Å²) >= 11 is 1.68. The second kappa shape index (κ2) is 9.35. The smallest absolute Gasteiger partial charge is 0.323 e. The van der Waals surface area contributed by atoms with E-state index in [2.05, 4.69) is 12.1 Å². The van der Waals surface area contributed by atoms with Crippen LogP contribution in [0, 0.1) is 0 Å². The SMILES string of the molecule is CN(C)CCCS(=O)(=O)N1CCC(c2cn(C(N)=O)c3ccc(-c4cccs4)cc23)CC1. The first kappa shape index (κ1) is 23.0. The van der Waals surface area contributed by atoms with Gasteiger partial charge in [-0.05, 0) is 80.5 Å². The number of rotatable bonds is 7. The highest BCUT2D eigenvalue weighted by atomic mass is 32.2.